The zero-order chi connectivity index (χ0) is 16.9. The summed E-state index contributed by atoms with van der Waals surface area (Å²) in [5, 5.41) is 2.54. The number of Topliss-reactive ketones (excluding diaryl/α,β-unsaturated/α-hetero) is 1. The van der Waals surface area contributed by atoms with Crippen molar-refractivity contribution in [2.75, 3.05) is 7.05 Å². The summed E-state index contributed by atoms with van der Waals surface area (Å²) in [6, 6.07) is 12.0. The molecule has 120 valence electrons. The van der Waals surface area contributed by atoms with Gasteiger partial charge in [-0.2, -0.15) is 0 Å². The van der Waals surface area contributed by atoms with Gasteiger partial charge in [0, 0.05) is 19.7 Å². The highest BCUT2D eigenvalue weighted by Gasteiger charge is 2.17. The zero-order valence-electron chi connectivity index (χ0n) is 13.0. The van der Waals surface area contributed by atoms with Crippen LogP contribution in [0.4, 0.5) is 0 Å². The van der Waals surface area contributed by atoms with Gasteiger partial charge in [0.05, 0.1) is 17.7 Å². The molecule has 6 heteroatoms. The van der Waals surface area contributed by atoms with Crippen LogP contribution in [0.1, 0.15) is 26.6 Å². The van der Waals surface area contributed by atoms with Gasteiger partial charge in [-0.25, -0.2) is 4.98 Å². The van der Waals surface area contributed by atoms with E-state index in [1.807, 2.05) is 6.07 Å². The highest BCUT2D eigenvalue weighted by atomic mass is 16.3. The van der Waals surface area contributed by atoms with Crippen LogP contribution in [0.3, 0.4) is 0 Å². The summed E-state index contributed by atoms with van der Waals surface area (Å²) < 4.78 is 5.14. The van der Waals surface area contributed by atoms with Crippen LogP contribution in [0.5, 0.6) is 0 Å². The fraction of sp³-hybridized carbons (Fsp3) is 0.111. The Morgan fingerprint density at radius 2 is 2.00 bits per heavy atom. The molecule has 0 aromatic carbocycles. The third kappa shape index (κ3) is 3.22. The molecule has 0 aliphatic rings. The lowest BCUT2D eigenvalue weighted by molar-refractivity contribution is 0.0955. The second kappa shape index (κ2) is 6.87. The van der Waals surface area contributed by atoms with Crippen LogP contribution in [0.25, 0.3) is 11.4 Å². The number of ketones is 1. The monoisotopic (exact) mass is 321 g/mol. The predicted molar refractivity (Wildman–Crippen MR) is 87.6 cm³/mol. The van der Waals surface area contributed by atoms with Crippen molar-refractivity contribution in [3.63, 3.8) is 0 Å². The van der Waals surface area contributed by atoms with E-state index < -0.39 is 0 Å². The van der Waals surface area contributed by atoms with Crippen molar-refractivity contribution in [1.82, 2.24) is 15.3 Å². The van der Waals surface area contributed by atoms with Crippen molar-refractivity contribution in [1.29, 1.82) is 0 Å². The first-order chi connectivity index (χ1) is 11.7. The molecule has 1 N–H and O–H groups in total. The topological polar surface area (TPSA) is 85.1 Å². The molecule has 3 heterocycles. The van der Waals surface area contributed by atoms with Gasteiger partial charge in [-0.1, -0.05) is 12.1 Å². The summed E-state index contributed by atoms with van der Waals surface area (Å²) >= 11 is 0. The van der Waals surface area contributed by atoms with Crippen LogP contribution in [0.2, 0.25) is 0 Å². The zero-order valence-corrected chi connectivity index (χ0v) is 13.0. The highest BCUT2D eigenvalue weighted by molar-refractivity contribution is 5.96. The molecule has 0 spiro atoms. The number of nitrogens with zero attached hydrogens (tertiary/aromatic N) is 2. The third-order valence-electron chi connectivity index (χ3n) is 3.49. The highest BCUT2D eigenvalue weighted by Crippen LogP contribution is 2.22. The molecule has 3 rings (SSSR count). The summed E-state index contributed by atoms with van der Waals surface area (Å²) in [7, 11) is 1.54. The Bertz CT molecular complexity index is 858. The van der Waals surface area contributed by atoms with Crippen LogP contribution in [0, 0.1) is 0 Å². The molecule has 0 aliphatic carbocycles. The van der Waals surface area contributed by atoms with Crippen molar-refractivity contribution < 1.29 is 14.0 Å². The van der Waals surface area contributed by atoms with Crippen LogP contribution in [-0.2, 0) is 6.42 Å². The number of carbonyl (C=O) groups excluding carboxylic acids is 2. The van der Waals surface area contributed by atoms with Gasteiger partial charge in [0.2, 0.25) is 5.78 Å². The van der Waals surface area contributed by atoms with Gasteiger partial charge in [0.15, 0.2) is 5.76 Å². The molecule has 3 aromatic rings. The number of carbonyl (C=O) groups is 2. The standard InChI is InChI=1S/C18H15N3O3/c1-19-18(23)14-8-7-12(11-15(22)16-6-4-10-24-16)17(21-14)13-5-2-3-9-20-13/h2-10H,11H2,1H3,(H,19,23). The van der Waals surface area contributed by atoms with Crippen molar-refractivity contribution in [2.24, 2.45) is 0 Å². The lowest BCUT2D eigenvalue weighted by Crippen LogP contribution is -2.20. The normalized spacial score (nSPS) is 10.4. The van der Waals surface area contributed by atoms with E-state index in [9.17, 15) is 9.59 Å². The second-order valence-electron chi connectivity index (χ2n) is 5.08. The third-order valence-corrected chi connectivity index (χ3v) is 3.49. The van der Waals surface area contributed by atoms with Gasteiger partial charge in [0.1, 0.15) is 5.69 Å². The maximum atomic E-state index is 12.3. The van der Waals surface area contributed by atoms with Gasteiger partial charge < -0.3 is 9.73 Å². The van der Waals surface area contributed by atoms with Gasteiger partial charge >= 0.3 is 0 Å². The van der Waals surface area contributed by atoms with Gasteiger partial charge in [-0.15, -0.1) is 0 Å². The van der Waals surface area contributed by atoms with E-state index in [-0.39, 0.29) is 29.6 Å². The fourth-order valence-electron chi connectivity index (χ4n) is 2.31. The molecule has 0 unspecified atom stereocenters. The number of hydrogen-bond donors (Lipinski definition) is 1. The van der Waals surface area contributed by atoms with Crippen LogP contribution < -0.4 is 5.32 Å². The quantitative estimate of drug-likeness (QED) is 0.730. The Labute approximate surface area is 138 Å². The number of hydrogen-bond acceptors (Lipinski definition) is 5. The summed E-state index contributed by atoms with van der Waals surface area (Å²) in [4.78, 5) is 32.8. The first kappa shape index (κ1) is 15.6. The maximum Gasteiger partial charge on any atom is 0.269 e. The molecule has 0 aliphatic heterocycles. The van der Waals surface area contributed by atoms with Gasteiger partial charge in [-0.05, 0) is 35.9 Å². The molecule has 0 saturated carbocycles. The molecule has 24 heavy (non-hydrogen) atoms. The van der Waals surface area contributed by atoms with E-state index in [0.717, 1.165) is 0 Å². The molecule has 0 radical (unpaired) electrons. The van der Waals surface area contributed by atoms with Crippen molar-refractivity contribution in [3.8, 4) is 11.4 Å². The van der Waals surface area contributed by atoms with E-state index in [2.05, 4.69) is 15.3 Å². The van der Waals surface area contributed by atoms with E-state index in [4.69, 9.17) is 4.42 Å². The van der Waals surface area contributed by atoms with Crippen molar-refractivity contribution in [3.05, 3.63) is 71.9 Å². The first-order valence-electron chi connectivity index (χ1n) is 7.39. The van der Waals surface area contributed by atoms with Crippen molar-refractivity contribution >= 4 is 11.7 Å². The van der Waals surface area contributed by atoms with E-state index >= 15 is 0 Å². The average Bonchev–Trinajstić information content (AvgIpc) is 3.17. The number of nitrogens with one attached hydrogen (secondary N) is 1. The van der Waals surface area contributed by atoms with E-state index in [0.29, 0.717) is 17.0 Å². The molecule has 0 saturated heterocycles. The minimum atomic E-state index is -0.295. The number of furan rings is 1. The summed E-state index contributed by atoms with van der Waals surface area (Å²) in [6.07, 6.45) is 3.21. The molecule has 0 bridgehead atoms. The van der Waals surface area contributed by atoms with Crippen LogP contribution >= 0.6 is 0 Å². The molecule has 1 amide bonds. The Morgan fingerprint density at radius 3 is 2.67 bits per heavy atom. The molecule has 0 atom stereocenters. The largest absolute Gasteiger partial charge is 0.461 e. The number of pyridine rings is 2. The smallest absolute Gasteiger partial charge is 0.269 e. The van der Waals surface area contributed by atoms with E-state index in [1.165, 1.54) is 6.26 Å². The summed E-state index contributed by atoms with van der Waals surface area (Å²) in [5.74, 6) is -0.167. The van der Waals surface area contributed by atoms with Crippen molar-refractivity contribution in [2.45, 2.75) is 6.42 Å². The SMILES string of the molecule is CNC(=O)c1ccc(CC(=O)c2ccco2)c(-c2ccccn2)n1. The number of aromatic nitrogens is 2. The summed E-state index contributed by atoms with van der Waals surface area (Å²) in [5.41, 5.74) is 2.07. The minimum absolute atomic E-state index is 0.112. The molecule has 3 aromatic heterocycles. The Balaban J connectivity index is 2.01. The van der Waals surface area contributed by atoms with Gasteiger partial charge in [-0.3, -0.25) is 14.6 Å². The van der Waals surface area contributed by atoms with Crippen LogP contribution in [-0.4, -0.2) is 28.7 Å². The Morgan fingerprint density at radius 1 is 1.12 bits per heavy atom. The Hall–Kier alpha value is -3.28. The summed E-state index contributed by atoms with van der Waals surface area (Å²) in [6.45, 7) is 0. The van der Waals surface area contributed by atoms with Crippen LogP contribution in [0.15, 0.2) is 59.3 Å². The van der Waals surface area contributed by atoms with Gasteiger partial charge in [0.25, 0.3) is 5.91 Å². The minimum Gasteiger partial charge on any atom is -0.461 e. The van der Waals surface area contributed by atoms with E-state index in [1.54, 1.807) is 49.6 Å². The maximum absolute atomic E-state index is 12.3. The number of amides is 1. The average molecular weight is 321 g/mol. The molecular formula is C18H15N3O3. The second-order valence-corrected chi connectivity index (χ2v) is 5.08. The molecular weight excluding hydrogens is 306 g/mol. The fourth-order valence-corrected chi connectivity index (χ4v) is 2.31. The Kier molecular flexibility index (Phi) is 4.47. The lowest BCUT2D eigenvalue weighted by atomic mass is 10.0. The predicted octanol–water partition coefficient (Wildman–Crippen LogP) is 2.52. The lowest BCUT2D eigenvalue weighted by Gasteiger charge is -2.09. The molecule has 0 fully saturated rings. The molecule has 6 nitrogen and oxygen atoms in total. The number of rotatable bonds is 5. The first-order valence-corrected chi connectivity index (χ1v) is 7.39.